The van der Waals surface area contributed by atoms with Crippen LogP contribution < -0.4 is 5.32 Å². The van der Waals surface area contributed by atoms with Crippen LogP contribution in [-0.2, 0) is 39.1 Å². The molecule has 2 aromatic heterocycles. The molecule has 0 spiro atoms. The van der Waals surface area contributed by atoms with Gasteiger partial charge in [0.05, 0.1) is 0 Å². The second kappa shape index (κ2) is 15.0. The molecule has 0 amide bonds. The molecule has 0 saturated carbocycles. The van der Waals surface area contributed by atoms with Crippen LogP contribution in [0.25, 0.3) is 11.2 Å². The summed E-state index contributed by atoms with van der Waals surface area (Å²) in [5, 5.41) is 4.07. The Morgan fingerprint density at radius 3 is 2.40 bits per heavy atom. The highest BCUT2D eigenvalue weighted by Gasteiger charge is 2.51. The van der Waals surface area contributed by atoms with Crippen molar-refractivity contribution in [2.24, 2.45) is 0 Å². The first-order chi connectivity index (χ1) is 20.3. The lowest BCUT2D eigenvalue weighted by molar-refractivity contribution is -0.166. The number of anilines is 1. The largest absolute Gasteiger partial charge is 0.463 e. The van der Waals surface area contributed by atoms with Crippen LogP contribution in [-0.4, -0.2) is 68.9 Å². The van der Waals surface area contributed by atoms with Crippen LogP contribution in [0.15, 0.2) is 41.7 Å². The summed E-state index contributed by atoms with van der Waals surface area (Å²) in [6, 6.07) is 10.0. The molecule has 0 aliphatic carbocycles. The molecule has 0 radical (unpaired) electrons. The highest BCUT2D eigenvalue weighted by atomic mass is 32.2. The predicted molar refractivity (Wildman–Crippen MR) is 156 cm³/mol. The third-order valence-corrected chi connectivity index (χ3v) is 7.62. The zero-order chi connectivity index (χ0) is 30.1. The van der Waals surface area contributed by atoms with Crippen LogP contribution in [0.3, 0.4) is 0 Å². The number of nitrogens with one attached hydrogen (secondary N) is 1. The highest BCUT2D eigenvalue weighted by Crippen LogP contribution is 2.39. The van der Waals surface area contributed by atoms with Gasteiger partial charge in [-0.25, -0.2) is 15.0 Å². The van der Waals surface area contributed by atoms with Crippen molar-refractivity contribution in [3.63, 3.8) is 0 Å². The van der Waals surface area contributed by atoms with E-state index in [9.17, 15) is 14.4 Å². The Labute approximate surface area is 248 Å². The van der Waals surface area contributed by atoms with E-state index in [1.54, 1.807) is 4.57 Å². The maximum Gasteiger partial charge on any atom is 0.303 e. The van der Waals surface area contributed by atoms with Crippen LogP contribution in [0.2, 0.25) is 0 Å². The highest BCUT2D eigenvalue weighted by molar-refractivity contribution is 7.98. The van der Waals surface area contributed by atoms with E-state index in [1.807, 2.05) is 30.3 Å². The molecule has 3 heterocycles. The third kappa shape index (κ3) is 7.97. The molecule has 1 aliphatic heterocycles. The summed E-state index contributed by atoms with van der Waals surface area (Å²) in [5.74, 6) is -0.593. The van der Waals surface area contributed by atoms with Crippen LogP contribution in [0.5, 0.6) is 0 Å². The SMILES string of the molecule is CCCCCCNc1nc2c(SCc3ccccc3)ncnc2n1[C@@H]1O[C@H](COC(C)=O)[C@@H](OC(C)=O)[C@H]1OC(C)=O. The topological polar surface area (TPSA) is 144 Å². The van der Waals surface area contributed by atoms with Gasteiger partial charge in [-0.1, -0.05) is 68.3 Å². The van der Waals surface area contributed by atoms with E-state index in [0.717, 1.165) is 31.2 Å². The van der Waals surface area contributed by atoms with Crippen molar-refractivity contribution in [1.29, 1.82) is 0 Å². The number of carbonyl (C=O) groups is 3. The maximum absolute atomic E-state index is 12.2. The van der Waals surface area contributed by atoms with E-state index in [2.05, 4.69) is 22.2 Å². The van der Waals surface area contributed by atoms with Crippen molar-refractivity contribution in [3.8, 4) is 0 Å². The van der Waals surface area contributed by atoms with Gasteiger partial charge in [0.1, 0.15) is 29.6 Å². The van der Waals surface area contributed by atoms with Gasteiger partial charge in [0, 0.05) is 33.1 Å². The van der Waals surface area contributed by atoms with Gasteiger partial charge in [-0.15, -0.1) is 0 Å². The molecule has 42 heavy (non-hydrogen) atoms. The summed E-state index contributed by atoms with van der Waals surface area (Å²) < 4.78 is 24.5. The molecule has 1 fully saturated rings. The number of carbonyl (C=O) groups excluding carboxylic acids is 3. The van der Waals surface area contributed by atoms with Gasteiger partial charge in [-0.3, -0.25) is 19.0 Å². The number of hydrogen-bond donors (Lipinski definition) is 1. The number of nitrogens with zero attached hydrogens (tertiary/aromatic N) is 4. The quantitative estimate of drug-likeness (QED) is 0.0920. The standard InChI is InChI=1S/C29H37N5O7S/c1-5-6-7-11-14-30-29-33-23-26(31-17-32-27(23)42-16-21-12-9-8-10-13-21)34(29)28-25(40-20(4)37)24(39-19(3)36)22(41-28)15-38-18(2)35/h8-10,12-13,17,22,24-25,28H,5-7,11,14-16H2,1-4H3,(H,30,33)/t22-,24-,25-,28-/m1/s1. The van der Waals surface area contributed by atoms with Crippen LogP contribution >= 0.6 is 11.8 Å². The van der Waals surface area contributed by atoms with Gasteiger partial charge >= 0.3 is 17.9 Å². The van der Waals surface area contributed by atoms with Gasteiger partial charge in [-0.05, 0) is 12.0 Å². The van der Waals surface area contributed by atoms with Gasteiger partial charge in [0.2, 0.25) is 5.95 Å². The Kier molecular flexibility index (Phi) is 11.1. The molecule has 1 saturated heterocycles. The van der Waals surface area contributed by atoms with E-state index < -0.39 is 42.4 Å². The van der Waals surface area contributed by atoms with Gasteiger partial charge in [0.15, 0.2) is 24.1 Å². The number of benzene rings is 1. The number of unbranched alkanes of at least 4 members (excludes halogenated alkanes) is 3. The van der Waals surface area contributed by atoms with Crippen molar-refractivity contribution in [1.82, 2.24) is 19.5 Å². The van der Waals surface area contributed by atoms with E-state index in [1.165, 1.54) is 38.9 Å². The summed E-state index contributed by atoms with van der Waals surface area (Å²) in [6.07, 6.45) is 1.64. The van der Waals surface area contributed by atoms with Crippen LogP contribution in [0, 0.1) is 0 Å². The van der Waals surface area contributed by atoms with Crippen LogP contribution in [0.4, 0.5) is 5.95 Å². The summed E-state index contributed by atoms with van der Waals surface area (Å²) in [4.78, 5) is 49.8. The van der Waals surface area contributed by atoms with Gasteiger partial charge < -0.3 is 24.3 Å². The number of ether oxygens (including phenoxy) is 4. The van der Waals surface area contributed by atoms with Gasteiger partial charge in [0.25, 0.3) is 0 Å². The molecule has 4 rings (SSSR count). The van der Waals surface area contributed by atoms with Crippen molar-refractivity contribution in [3.05, 3.63) is 42.2 Å². The summed E-state index contributed by atoms with van der Waals surface area (Å²) >= 11 is 1.53. The minimum absolute atomic E-state index is 0.207. The Morgan fingerprint density at radius 2 is 1.71 bits per heavy atom. The Morgan fingerprint density at radius 1 is 0.976 bits per heavy atom. The number of aromatic nitrogens is 4. The lowest BCUT2D eigenvalue weighted by Crippen LogP contribution is -2.40. The smallest absolute Gasteiger partial charge is 0.303 e. The number of hydrogen-bond acceptors (Lipinski definition) is 12. The maximum atomic E-state index is 12.2. The van der Waals surface area contributed by atoms with Crippen molar-refractivity contribution >= 4 is 46.8 Å². The fourth-order valence-electron chi connectivity index (χ4n) is 4.74. The summed E-state index contributed by atoms with van der Waals surface area (Å²) in [5.41, 5.74) is 2.13. The third-order valence-electron chi connectivity index (χ3n) is 6.57. The monoisotopic (exact) mass is 599 g/mol. The second-order valence-corrected chi connectivity index (χ2v) is 10.9. The van der Waals surface area contributed by atoms with Crippen molar-refractivity contribution < 1.29 is 33.3 Å². The molecular formula is C29H37N5O7S. The minimum Gasteiger partial charge on any atom is -0.463 e. The Balaban J connectivity index is 1.75. The Hall–Kier alpha value is -3.71. The molecule has 0 unspecified atom stereocenters. The number of fused-ring (bicyclic) bond motifs is 1. The molecule has 226 valence electrons. The van der Waals surface area contributed by atoms with Crippen molar-refractivity contribution in [2.45, 2.75) is 88.7 Å². The van der Waals surface area contributed by atoms with E-state index in [0.29, 0.717) is 34.4 Å². The zero-order valence-electron chi connectivity index (χ0n) is 24.3. The lowest BCUT2D eigenvalue weighted by atomic mass is 10.1. The van der Waals surface area contributed by atoms with E-state index in [-0.39, 0.29) is 6.61 Å². The molecule has 12 nitrogen and oxygen atoms in total. The normalized spacial score (nSPS) is 19.9. The zero-order valence-corrected chi connectivity index (χ0v) is 25.1. The minimum atomic E-state index is -1.07. The molecule has 1 aromatic carbocycles. The van der Waals surface area contributed by atoms with Crippen LogP contribution in [0.1, 0.15) is 65.2 Å². The Bertz CT molecular complexity index is 1370. The fraction of sp³-hybridized carbons (Fsp3) is 0.517. The molecule has 4 atom stereocenters. The number of esters is 3. The first-order valence-electron chi connectivity index (χ1n) is 14.0. The fourth-order valence-corrected chi connectivity index (χ4v) is 5.63. The lowest BCUT2D eigenvalue weighted by Gasteiger charge is -2.24. The van der Waals surface area contributed by atoms with E-state index in [4.69, 9.17) is 23.9 Å². The first-order valence-corrected chi connectivity index (χ1v) is 15.0. The molecular weight excluding hydrogens is 562 g/mol. The average molecular weight is 600 g/mol. The molecule has 0 bridgehead atoms. The summed E-state index contributed by atoms with van der Waals surface area (Å²) in [7, 11) is 0. The number of rotatable bonds is 14. The second-order valence-electron chi connectivity index (χ2n) is 9.93. The van der Waals surface area contributed by atoms with Crippen molar-refractivity contribution in [2.75, 3.05) is 18.5 Å². The molecule has 1 N–H and O–H groups in total. The first kappa shape index (κ1) is 31.2. The molecule has 1 aliphatic rings. The van der Waals surface area contributed by atoms with E-state index >= 15 is 0 Å². The molecule has 13 heteroatoms. The summed E-state index contributed by atoms with van der Waals surface area (Å²) in [6.45, 7) is 6.37. The predicted octanol–water partition coefficient (Wildman–Crippen LogP) is 4.43. The number of imidazole rings is 1. The molecule has 3 aromatic rings. The van der Waals surface area contributed by atoms with Gasteiger partial charge in [-0.2, -0.15) is 0 Å². The average Bonchev–Trinajstić information content (AvgIpc) is 3.48. The number of thioether (sulfide) groups is 1.